The quantitative estimate of drug-likeness (QED) is 0.708. The molecule has 0 bridgehead atoms. The van der Waals surface area contributed by atoms with Crippen molar-refractivity contribution in [2.45, 2.75) is 38.8 Å². The van der Waals surface area contributed by atoms with Crippen LogP contribution in [0.2, 0.25) is 0 Å². The van der Waals surface area contributed by atoms with Crippen molar-refractivity contribution in [1.82, 2.24) is 5.32 Å². The Morgan fingerprint density at radius 2 is 1.66 bits per heavy atom. The van der Waals surface area contributed by atoms with Crippen molar-refractivity contribution in [2.24, 2.45) is 11.8 Å². The Balaban J connectivity index is 1.52. The molecule has 154 valence electrons. The zero-order chi connectivity index (χ0) is 20.6. The summed E-state index contributed by atoms with van der Waals surface area (Å²) < 4.78 is 11.3. The number of carboxylic acid groups (broad SMARTS) is 1. The van der Waals surface area contributed by atoms with Crippen molar-refractivity contribution in [3.8, 4) is 11.5 Å². The van der Waals surface area contributed by atoms with Crippen LogP contribution in [0.15, 0.2) is 48.5 Å². The topological polar surface area (TPSA) is 84.9 Å². The van der Waals surface area contributed by atoms with Crippen molar-refractivity contribution in [3.05, 3.63) is 59.7 Å². The number of amides is 1. The first-order chi connectivity index (χ1) is 14.1. The lowest BCUT2D eigenvalue weighted by Crippen LogP contribution is -2.34. The van der Waals surface area contributed by atoms with Gasteiger partial charge in [0.05, 0.1) is 13.0 Å². The molecule has 0 aliphatic heterocycles. The van der Waals surface area contributed by atoms with E-state index in [9.17, 15) is 9.59 Å². The number of nitrogens with one attached hydrogen (secondary N) is 1. The molecule has 2 aromatic rings. The van der Waals surface area contributed by atoms with E-state index in [1.165, 1.54) is 0 Å². The van der Waals surface area contributed by atoms with Gasteiger partial charge in [-0.1, -0.05) is 36.4 Å². The van der Waals surface area contributed by atoms with Gasteiger partial charge in [0.1, 0.15) is 6.61 Å². The number of carboxylic acids is 1. The summed E-state index contributed by atoms with van der Waals surface area (Å²) in [5.74, 6) is 0.0727. The fraction of sp³-hybridized carbons (Fsp3) is 0.391. The molecule has 0 saturated heterocycles. The van der Waals surface area contributed by atoms with Gasteiger partial charge in [0.25, 0.3) is 0 Å². The van der Waals surface area contributed by atoms with Crippen molar-refractivity contribution in [2.75, 3.05) is 7.11 Å². The summed E-state index contributed by atoms with van der Waals surface area (Å²) in [6, 6.07) is 15.5. The number of carbonyl (C=O) groups is 2. The molecule has 1 amide bonds. The highest BCUT2D eigenvalue weighted by Crippen LogP contribution is 2.30. The van der Waals surface area contributed by atoms with E-state index in [0.29, 0.717) is 50.3 Å². The molecule has 2 N–H and O–H groups in total. The number of hydrogen-bond acceptors (Lipinski definition) is 4. The van der Waals surface area contributed by atoms with Gasteiger partial charge in [-0.15, -0.1) is 0 Å². The van der Waals surface area contributed by atoms with Crippen LogP contribution in [0.25, 0.3) is 0 Å². The molecule has 1 fully saturated rings. The van der Waals surface area contributed by atoms with Gasteiger partial charge in [-0.3, -0.25) is 9.59 Å². The maximum Gasteiger partial charge on any atom is 0.306 e. The summed E-state index contributed by atoms with van der Waals surface area (Å²) in [5, 5.41) is 12.0. The second-order valence-corrected chi connectivity index (χ2v) is 7.36. The highest BCUT2D eigenvalue weighted by Gasteiger charge is 2.29. The number of aliphatic carboxylic acids is 1. The number of rotatable bonds is 8. The van der Waals surface area contributed by atoms with Crippen molar-refractivity contribution >= 4 is 11.9 Å². The third-order valence-electron chi connectivity index (χ3n) is 5.38. The molecule has 0 spiro atoms. The van der Waals surface area contributed by atoms with Crippen LogP contribution >= 0.6 is 0 Å². The van der Waals surface area contributed by atoms with Crippen molar-refractivity contribution < 1.29 is 24.2 Å². The second kappa shape index (κ2) is 9.96. The minimum absolute atomic E-state index is 0.0165. The maximum absolute atomic E-state index is 12.4. The lowest BCUT2D eigenvalue weighted by Gasteiger charge is -2.25. The Morgan fingerprint density at radius 1 is 0.966 bits per heavy atom. The van der Waals surface area contributed by atoms with Gasteiger partial charge in [-0.25, -0.2) is 0 Å². The van der Waals surface area contributed by atoms with Gasteiger partial charge < -0.3 is 19.9 Å². The molecule has 6 nitrogen and oxygen atoms in total. The summed E-state index contributed by atoms with van der Waals surface area (Å²) >= 11 is 0. The highest BCUT2D eigenvalue weighted by atomic mass is 16.5. The summed E-state index contributed by atoms with van der Waals surface area (Å²) in [7, 11) is 1.59. The van der Waals surface area contributed by atoms with E-state index < -0.39 is 5.97 Å². The minimum atomic E-state index is -0.759. The second-order valence-electron chi connectivity index (χ2n) is 7.36. The fourth-order valence-corrected chi connectivity index (χ4v) is 3.61. The highest BCUT2D eigenvalue weighted by molar-refractivity contribution is 5.79. The SMILES string of the molecule is COc1cc(CNC(=O)C2CCC(C(=O)O)CC2)ccc1OCc1ccccc1. The summed E-state index contributed by atoms with van der Waals surface area (Å²) in [6.45, 7) is 0.847. The standard InChI is InChI=1S/C23H27NO5/c1-28-21-13-17(7-12-20(21)29-15-16-5-3-2-4-6-16)14-24-22(25)18-8-10-19(11-9-18)23(26)27/h2-7,12-13,18-19H,8-11,14-15H2,1H3,(H,24,25)(H,26,27). The van der Waals surface area contributed by atoms with E-state index in [2.05, 4.69) is 5.32 Å². The van der Waals surface area contributed by atoms with Gasteiger partial charge >= 0.3 is 5.97 Å². The van der Waals surface area contributed by atoms with Gasteiger partial charge in [-0.05, 0) is 48.9 Å². The largest absolute Gasteiger partial charge is 0.493 e. The third kappa shape index (κ3) is 5.73. The molecule has 0 heterocycles. The molecule has 29 heavy (non-hydrogen) atoms. The molecule has 6 heteroatoms. The molecule has 0 radical (unpaired) electrons. The average molecular weight is 397 g/mol. The molecule has 3 rings (SSSR count). The van der Waals surface area contributed by atoms with Crippen LogP contribution in [0.4, 0.5) is 0 Å². The Hall–Kier alpha value is -3.02. The number of carbonyl (C=O) groups excluding carboxylic acids is 1. The zero-order valence-electron chi connectivity index (χ0n) is 16.6. The number of hydrogen-bond donors (Lipinski definition) is 2. The first-order valence-corrected chi connectivity index (χ1v) is 9.91. The van der Waals surface area contributed by atoms with Crippen LogP contribution in [0.5, 0.6) is 11.5 Å². The molecule has 1 aliphatic carbocycles. The van der Waals surface area contributed by atoms with Gasteiger partial charge in [-0.2, -0.15) is 0 Å². The van der Waals surface area contributed by atoms with E-state index in [0.717, 1.165) is 11.1 Å². The first-order valence-electron chi connectivity index (χ1n) is 9.91. The molecule has 0 aromatic heterocycles. The van der Waals surface area contributed by atoms with Crippen LogP contribution in [0.1, 0.15) is 36.8 Å². The number of benzene rings is 2. The summed E-state index contributed by atoms with van der Waals surface area (Å²) in [6.07, 6.45) is 2.38. The van der Waals surface area contributed by atoms with E-state index in [1.54, 1.807) is 7.11 Å². The molecular weight excluding hydrogens is 370 g/mol. The molecule has 1 saturated carbocycles. The molecule has 0 unspecified atom stereocenters. The smallest absolute Gasteiger partial charge is 0.306 e. The average Bonchev–Trinajstić information content (AvgIpc) is 2.77. The van der Waals surface area contributed by atoms with E-state index in [1.807, 2.05) is 48.5 Å². The van der Waals surface area contributed by atoms with Crippen molar-refractivity contribution in [3.63, 3.8) is 0 Å². The van der Waals surface area contributed by atoms with Crippen LogP contribution in [0.3, 0.4) is 0 Å². The first kappa shape index (κ1) is 20.7. The maximum atomic E-state index is 12.4. The van der Waals surface area contributed by atoms with E-state index in [4.69, 9.17) is 14.6 Å². The molecular formula is C23H27NO5. The van der Waals surface area contributed by atoms with Crippen molar-refractivity contribution in [1.29, 1.82) is 0 Å². The number of methoxy groups -OCH3 is 1. The Bertz CT molecular complexity index is 828. The summed E-state index contributed by atoms with van der Waals surface area (Å²) in [4.78, 5) is 23.4. The van der Waals surface area contributed by atoms with E-state index in [-0.39, 0.29) is 17.7 Å². The Labute approximate surface area is 170 Å². The predicted molar refractivity (Wildman–Crippen MR) is 109 cm³/mol. The molecule has 1 aliphatic rings. The number of ether oxygens (including phenoxy) is 2. The minimum Gasteiger partial charge on any atom is -0.493 e. The van der Waals surface area contributed by atoms with Gasteiger partial charge in [0.15, 0.2) is 11.5 Å². The molecule has 0 atom stereocenters. The van der Waals surface area contributed by atoms with Crippen LogP contribution in [-0.2, 0) is 22.7 Å². The molecule has 2 aromatic carbocycles. The normalized spacial score (nSPS) is 18.7. The van der Waals surface area contributed by atoms with Gasteiger partial charge in [0.2, 0.25) is 5.91 Å². The Kier molecular flexibility index (Phi) is 7.11. The lowest BCUT2D eigenvalue weighted by molar-refractivity contribution is -0.144. The lowest BCUT2D eigenvalue weighted by atomic mass is 9.81. The monoisotopic (exact) mass is 397 g/mol. The zero-order valence-corrected chi connectivity index (χ0v) is 16.6. The van der Waals surface area contributed by atoms with Crippen LogP contribution < -0.4 is 14.8 Å². The van der Waals surface area contributed by atoms with Gasteiger partial charge in [0, 0.05) is 12.5 Å². The summed E-state index contributed by atoms with van der Waals surface area (Å²) in [5.41, 5.74) is 1.99. The third-order valence-corrected chi connectivity index (χ3v) is 5.38. The fourth-order valence-electron chi connectivity index (χ4n) is 3.61. The van der Waals surface area contributed by atoms with Crippen LogP contribution in [-0.4, -0.2) is 24.1 Å². The Morgan fingerprint density at radius 3 is 2.31 bits per heavy atom. The van der Waals surface area contributed by atoms with E-state index >= 15 is 0 Å². The van der Waals surface area contributed by atoms with Crippen LogP contribution in [0, 0.1) is 11.8 Å². The predicted octanol–water partition coefficient (Wildman–Crippen LogP) is 3.78.